The van der Waals surface area contributed by atoms with Gasteiger partial charge in [-0.05, 0) is 25.1 Å². The minimum Gasteiger partial charge on any atom is -0.392 e. The molecule has 1 aromatic carbocycles. The Balaban J connectivity index is 3.10. The van der Waals surface area contributed by atoms with E-state index in [1.807, 2.05) is 0 Å². The van der Waals surface area contributed by atoms with Gasteiger partial charge < -0.3 is 5.73 Å². The van der Waals surface area contributed by atoms with E-state index in [1.54, 1.807) is 0 Å². The first kappa shape index (κ1) is 14.5. The van der Waals surface area contributed by atoms with Crippen LogP contribution in [-0.2, 0) is 10.0 Å². The lowest BCUT2D eigenvalue weighted by Crippen LogP contribution is -2.41. The van der Waals surface area contributed by atoms with Gasteiger partial charge in [0, 0.05) is 4.47 Å². The average Bonchev–Trinajstić information content (AvgIpc) is 2.15. The molecule has 0 aliphatic carbocycles. The van der Waals surface area contributed by atoms with Crippen LogP contribution in [0.1, 0.15) is 6.92 Å². The third-order valence-corrected chi connectivity index (χ3v) is 4.36. The van der Waals surface area contributed by atoms with Gasteiger partial charge in [0.15, 0.2) is 0 Å². The highest BCUT2D eigenvalue weighted by Crippen LogP contribution is 2.19. The molecule has 0 amide bonds. The summed E-state index contributed by atoms with van der Waals surface area (Å²) in [6, 6.07) is 2.93. The number of hydrogen-bond donors (Lipinski definition) is 2. The molecular weight excluding hydrogens is 331 g/mol. The first-order valence-corrected chi connectivity index (χ1v) is 7.19. The lowest BCUT2D eigenvalue weighted by atomic mass is 10.3. The minimum absolute atomic E-state index is 0.00825. The maximum Gasteiger partial charge on any atom is 0.244 e. The summed E-state index contributed by atoms with van der Waals surface area (Å²) in [6.45, 7) is 1.48. The van der Waals surface area contributed by atoms with Crippen LogP contribution in [0, 0.1) is 5.82 Å². The van der Waals surface area contributed by atoms with Gasteiger partial charge in [0.1, 0.15) is 10.7 Å². The quantitative estimate of drug-likeness (QED) is 0.815. The monoisotopic (exact) mass is 340 g/mol. The molecule has 17 heavy (non-hydrogen) atoms. The van der Waals surface area contributed by atoms with Gasteiger partial charge in [-0.15, -0.1) is 0 Å². The minimum atomic E-state index is -3.97. The highest BCUT2D eigenvalue weighted by Gasteiger charge is 2.22. The molecule has 0 aliphatic rings. The largest absolute Gasteiger partial charge is 0.392 e. The van der Waals surface area contributed by atoms with Crippen molar-refractivity contribution in [2.24, 2.45) is 5.73 Å². The zero-order valence-corrected chi connectivity index (χ0v) is 12.0. The maximum absolute atomic E-state index is 13.5. The molecule has 94 valence electrons. The number of nitrogens with one attached hydrogen (secondary N) is 1. The number of benzene rings is 1. The Bertz CT molecular complexity index is 548. The highest BCUT2D eigenvalue weighted by molar-refractivity contribution is 9.10. The van der Waals surface area contributed by atoms with Crippen LogP contribution in [0.25, 0.3) is 0 Å². The van der Waals surface area contributed by atoms with Crippen molar-refractivity contribution < 1.29 is 12.8 Å². The predicted molar refractivity (Wildman–Crippen MR) is 70.7 cm³/mol. The molecule has 3 N–H and O–H groups in total. The summed E-state index contributed by atoms with van der Waals surface area (Å²) in [5.74, 6) is -0.845. The number of hydrogen-bond acceptors (Lipinski definition) is 3. The molecule has 0 saturated carbocycles. The Kier molecular flexibility index (Phi) is 4.59. The van der Waals surface area contributed by atoms with Gasteiger partial charge in [0.2, 0.25) is 10.0 Å². The zero-order chi connectivity index (χ0) is 13.2. The zero-order valence-electron chi connectivity index (χ0n) is 8.78. The van der Waals surface area contributed by atoms with Crippen molar-refractivity contribution in [3.8, 4) is 0 Å². The van der Waals surface area contributed by atoms with Crippen LogP contribution in [0.5, 0.6) is 0 Å². The van der Waals surface area contributed by atoms with Crippen molar-refractivity contribution in [1.29, 1.82) is 0 Å². The Hall–Kier alpha value is -0.570. The molecule has 1 rings (SSSR count). The van der Waals surface area contributed by atoms with Crippen LogP contribution in [0.15, 0.2) is 27.6 Å². The second-order valence-corrected chi connectivity index (χ2v) is 6.39. The number of rotatable bonds is 4. The van der Waals surface area contributed by atoms with Crippen LogP contribution in [0.4, 0.5) is 4.39 Å². The number of thiocarbonyl (C=S) groups is 1. The fraction of sp³-hybridized carbons (Fsp3) is 0.222. The fourth-order valence-electron chi connectivity index (χ4n) is 1.05. The van der Waals surface area contributed by atoms with Crippen molar-refractivity contribution in [2.45, 2.75) is 17.9 Å². The number of nitrogens with two attached hydrogens (primary N) is 1. The molecule has 0 aromatic heterocycles. The van der Waals surface area contributed by atoms with Crippen molar-refractivity contribution in [2.75, 3.05) is 0 Å². The predicted octanol–water partition coefficient (Wildman–Crippen LogP) is 1.54. The Labute approximate surface area is 113 Å². The molecule has 0 bridgehead atoms. The second-order valence-electron chi connectivity index (χ2n) is 3.32. The van der Waals surface area contributed by atoms with Gasteiger partial charge in [-0.1, -0.05) is 28.1 Å². The van der Waals surface area contributed by atoms with Crippen LogP contribution in [0.3, 0.4) is 0 Å². The molecule has 1 unspecified atom stereocenters. The third kappa shape index (κ3) is 3.70. The van der Waals surface area contributed by atoms with Gasteiger partial charge in [0.05, 0.1) is 11.0 Å². The molecule has 0 fully saturated rings. The van der Waals surface area contributed by atoms with Crippen molar-refractivity contribution >= 4 is 43.2 Å². The summed E-state index contributed by atoms with van der Waals surface area (Å²) in [6.07, 6.45) is 0. The molecule has 0 heterocycles. The lowest BCUT2D eigenvalue weighted by molar-refractivity contribution is 0.555. The average molecular weight is 341 g/mol. The van der Waals surface area contributed by atoms with Crippen molar-refractivity contribution in [3.05, 3.63) is 28.5 Å². The molecule has 0 aliphatic heterocycles. The molecule has 0 radical (unpaired) electrons. The van der Waals surface area contributed by atoms with E-state index in [0.717, 1.165) is 12.1 Å². The molecule has 1 aromatic rings. The summed E-state index contributed by atoms with van der Waals surface area (Å²) < 4.78 is 39.7. The first-order valence-electron chi connectivity index (χ1n) is 4.51. The van der Waals surface area contributed by atoms with E-state index in [2.05, 4.69) is 32.9 Å². The van der Waals surface area contributed by atoms with E-state index in [1.165, 1.54) is 13.0 Å². The number of halogens is 2. The van der Waals surface area contributed by atoms with Crippen molar-refractivity contribution in [3.63, 3.8) is 0 Å². The third-order valence-electron chi connectivity index (χ3n) is 1.94. The van der Waals surface area contributed by atoms with E-state index in [0.29, 0.717) is 4.47 Å². The SMILES string of the molecule is CC(NS(=O)(=O)c1ccc(Br)cc1F)C(N)=S. The molecular formula is C9H10BrFN2O2S2. The normalized spacial score (nSPS) is 13.4. The Morgan fingerprint density at radius 2 is 2.18 bits per heavy atom. The molecule has 0 saturated heterocycles. The van der Waals surface area contributed by atoms with E-state index in [4.69, 9.17) is 5.73 Å². The molecule has 0 spiro atoms. The maximum atomic E-state index is 13.5. The van der Waals surface area contributed by atoms with Crippen LogP contribution in [-0.4, -0.2) is 19.4 Å². The van der Waals surface area contributed by atoms with Gasteiger partial charge in [-0.25, -0.2) is 17.5 Å². The van der Waals surface area contributed by atoms with Crippen molar-refractivity contribution in [1.82, 2.24) is 4.72 Å². The Morgan fingerprint density at radius 3 is 2.65 bits per heavy atom. The van der Waals surface area contributed by atoms with E-state index >= 15 is 0 Å². The topological polar surface area (TPSA) is 72.2 Å². The smallest absolute Gasteiger partial charge is 0.244 e. The molecule has 4 nitrogen and oxygen atoms in total. The van der Waals surface area contributed by atoms with E-state index in [9.17, 15) is 12.8 Å². The van der Waals surface area contributed by atoms with E-state index in [-0.39, 0.29) is 4.99 Å². The second kappa shape index (κ2) is 5.38. The van der Waals surface area contributed by atoms with Gasteiger partial charge in [-0.3, -0.25) is 0 Å². The van der Waals surface area contributed by atoms with Crippen LogP contribution < -0.4 is 10.5 Å². The van der Waals surface area contributed by atoms with Gasteiger partial charge in [-0.2, -0.15) is 0 Å². The summed E-state index contributed by atoms with van der Waals surface area (Å²) >= 11 is 7.68. The number of sulfonamides is 1. The van der Waals surface area contributed by atoms with Gasteiger partial charge >= 0.3 is 0 Å². The lowest BCUT2D eigenvalue weighted by Gasteiger charge is -2.13. The van der Waals surface area contributed by atoms with Crippen LogP contribution in [0.2, 0.25) is 0 Å². The molecule has 8 heteroatoms. The Morgan fingerprint density at radius 1 is 1.59 bits per heavy atom. The highest BCUT2D eigenvalue weighted by atomic mass is 79.9. The first-order chi connectivity index (χ1) is 7.74. The fourth-order valence-corrected chi connectivity index (χ4v) is 2.80. The standard InChI is InChI=1S/C9H10BrFN2O2S2/c1-5(9(12)16)13-17(14,15)8-3-2-6(10)4-7(8)11/h2-5,13H,1H3,(H2,12,16). The molecule has 1 atom stereocenters. The summed E-state index contributed by atoms with van der Waals surface area (Å²) in [4.78, 5) is -0.449. The van der Waals surface area contributed by atoms with Gasteiger partial charge in [0.25, 0.3) is 0 Å². The summed E-state index contributed by atoms with van der Waals surface area (Å²) in [7, 11) is -3.97. The van der Waals surface area contributed by atoms with Crippen LogP contribution >= 0.6 is 28.1 Å². The summed E-state index contributed by atoms with van der Waals surface area (Å²) in [5, 5.41) is 0. The van der Waals surface area contributed by atoms with E-state index < -0.39 is 26.8 Å². The summed E-state index contributed by atoms with van der Waals surface area (Å²) in [5.41, 5.74) is 5.29.